The van der Waals surface area contributed by atoms with Crippen LogP contribution in [0.5, 0.6) is 11.5 Å². The third-order valence-electron chi connectivity index (χ3n) is 2.96. The van der Waals surface area contributed by atoms with Crippen LogP contribution in [0.2, 0.25) is 5.02 Å². The van der Waals surface area contributed by atoms with Crippen LogP contribution in [0.3, 0.4) is 0 Å². The van der Waals surface area contributed by atoms with Crippen LogP contribution in [0.1, 0.15) is 26.3 Å². The molecule has 5 nitrogen and oxygen atoms in total. The molecule has 114 valence electrons. The molecule has 0 aliphatic carbocycles. The second-order valence-electron chi connectivity index (χ2n) is 4.55. The predicted octanol–water partition coefficient (Wildman–Crippen LogP) is 3.57. The highest BCUT2D eigenvalue weighted by atomic mass is 35.5. The smallest absolute Gasteiger partial charge is 0.343 e. The van der Waals surface area contributed by atoms with Crippen molar-refractivity contribution < 1.29 is 24.2 Å². The van der Waals surface area contributed by atoms with Crippen molar-refractivity contribution in [2.24, 2.45) is 0 Å². The number of carboxylic acid groups (broad SMARTS) is 1. The van der Waals surface area contributed by atoms with Crippen LogP contribution >= 0.6 is 11.6 Å². The zero-order chi connectivity index (χ0) is 16.3. The number of aromatic carboxylic acids is 1. The third-order valence-corrected chi connectivity index (χ3v) is 3.24. The number of rotatable bonds is 4. The van der Waals surface area contributed by atoms with Crippen LogP contribution in [0.15, 0.2) is 36.4 Å². The van der Waals surface area contributed by atoms with Gasteiger partial charge in [0.05, 0.1) is 23.3 Å². The van der Waals surface area contributed by atoms with Gasteiger partial charge in [-0.15, -0.1) is 0 Å². The number of ether oxygens (including phenoxy) is 2. The molecule has 1 N–H and O–H groups in total. The quantitative estimate of drug-likeness (QED) is 0.688. The molecule has 0 aliphatic rings. The lowest BCUT2D eigenvalue weighted by Gasteiger charge is -2.12. The summed E-state index contributed by atoms with van der Waals surface area (Å²) in [5, 5.41) is 8.97. The number of carbonyl (C=O) groups is 2. The predicted molar refractivity (Wildman–Crippen MR) is 81.1 cm³/mol. The molecule has 2 aromatic carbocycles. The van der Waals surface area contributed by atoms with E-state index in [1.165, 1.54) is 19.2 Å². The maximum atomic E-state index is 12.1. The van der Waals surface area contributed by atoms with E-state index in [0.717, 1.165) is 5.56 Å². The van der Waals surface area contributed by atoms with E-state index in [2.05, 4.69) is 0 Å². The Hall–Kier alpha value is -2.53. The molecule has 0 unspecified atom stereocenters. The fraction of sp³-hybridized carbons (Fsp3) is 0.125. The SMILES string of the molecule is COc1cc(C(=O)O)cc(Cl)c1OC(=O)c1ccc(C)cc1. The Balaban J connectivity index is 2.34. The maximum absolute atomic E-state index is 12.1. The molecule has 2 rings (SSSR count). The summed E-state index contributed by atoms with van der Waals surface area (Å²) in [6.45, 7) is 1.90. The van der Waals surface area contributed by atoms with Crippen molar-refractivity contribution in [3.63, 3.8) is 0 Å². The second kappa shape index (κ2) is 6.49. The summed E-state index contributed by atoms with van der Waals surface area (Å²) in [7, 11) is 1.33. The summed E-state index contributed by atoms with van der Waals surface area (Å²) in [4.78, 5) is 23.1. The number of hydrogen-bond acceptors (Lipinski definition) is 4. The Labute approximate surface area is 132 Å². The molecule has 0 fully saturated rings. The summed E-state index contributed by atoms with van der Waals surface area (Å²) in [5.41, 5.74) is 1.31. The fourth-order valence-electron chi connectivity index (χ4n) is 1.78. The van der Waals surface area contributed by atoms with E-state index in [-0.39, 0.29) is 22.1 Å². The average molecular weight is 321 g/mol. The summed E-state index contributed by atoms with van der Waals surface area (Å²) < 4.78 is 10.3. The van der Waals surface area contributed by atoms with Crippen LogP contribution in [0, 0.1) is 6.92 Å². The van der Waals surface area contributed by atoms with Gasteiger partial charge in [-0.05, 0) is 31.2 Å². The molecular formula is C16H13ClO5. The molecule has 0 aliphatic heterocycles. The van der Waals surface area contributed by atoms with E-state index >= 15 is 0 Å². The Morgan fingerprint density at radius 1 is 1.09 bits per heavy atom. The number of esters is 1. The number of carboxylic acids is 1. The minimum Gasteiger partial charge on any atom is -0.493 e. The normalized spacial score (nSPS) is 10.1. The van der Waals surface area contributed by atoms with E-state index in [4.69, 9.17) is 26.2 Å². The van der Waals surface area contributed by atoms with Gasteiger partial charge in [-0.25, -0.2) is 9.59 Å². The number of carbonyl (C=O) groups excluding carboxylic acids is 1. The number of benzene rings is 2. The number of hydrogen-bond donors (Lipinski definition) is 1. The van der Waals surface area contributed by atoms with Gasteiger partial charge in [0.25, 0.3) is 0 Å². The molecule has 0 atom stereocenters. The van der Waals surface area contributed by atoms with E-state index in [0.29, 0.717) is 5.56 Å². The monoisotopic (exact) mass is 320 g/mol. The van der Waals surface area contributed by atoms with Crippen LogP contribution < -0.4 is 9.47 Å². The Bertz CT molecular complexity index is 722. The van der Waals surface area contributed by atoms with Gasteiger partial charge in [0.1, 0.15) is 0 Å². The second-order valence-corrected chi connectivity index (χ2v) is 4.96. The van der Waals surface area contributed by atoms with Crippen molar-refractivity contribution >= 4 is 23.5 Å². The zero-order valence-corrected chi connectivity index (χ0v) is 12.7. The molecule has 2 aromatic rings. The standard InChI is InChI=1S/C16H13ClO5/c1-9-3-5-10(6-4-9)16(20)22-14-12(17)7-11(15(18)19)8-13(14)21-2/h3-8H,1-2H3,(H,18,19). The first-order valence-electron chi connectivity index (χ1n) is 6.32. The zero-order valence-electron chi connectivity index (χ0n) is 11.9. The average Bonchev–Trinajstić information content (AvgIpc) is 2.49. The molecule has 6 heteroatoms. The van der Waals surface area contributed by atoms with Gasteiger partial charge in [-0.3, -0.25) is 0 Å². The van der Waals surface area contributed by atoms with Crippen molar-refractivity contribution in [1.29, 1.82) is 0 Å². The number of methoxy groups -OCH3 is 1. The van der Waals surface area contributed by atoms with E-state index < -0.39 is 11.9 Å². The first-order chi connectivity index (χ1) is 10.4. The van der Waals surface area contributed by atoms with Gasteiger partial charge in [0.15, 0.2) is 11.5 Å². The molecule has 0 saturated heterocycles. The molecule has 0 heterocycles. The Morgan fingerprint density at radius 2 is 1.73 bits per heavy atom. The number of aryl methyl sites for hydroxylation is 1. The first-order valence-corrected chi connectivity index (χ1v) is 6.70. The van der Waals surface area contributed by atoms with Crippen LogP contribution in [-0.4, -0.2) is 24.2 Å². The van der Waals surface area contributed by atoms with Gasteiger partial charge in [-0.1, -0.05) is 29.3 Å². The van der Waals surface area contributed by atoms with E-state index in [1.54, 1.807) is 24.3 Å². The van der Waals surface area contributed by atoms with Crippen molar-refractivity contribution in [3.8, 4) is 11.5 Å². The van der Waals surface area contributed by atoms with Crippen molar-refractivity contribution in [2.45, 2.75) is 6.92 Å². The summed E-state index contributed by atoms with van der Waals surface area (Å²) >= 11 is 5.99. The van der Waals surface area contributed by atoms with Gasteiger partial charge < -0.3 is 14.6 Å². The lowest BCUT2D eigenvalue weighted by atomic mass is 10.1. The summed E-state index contributed by atoms with van der Waals surface area (Å²) in [5.74, 6) is -1.70. The van der Waals surface area contributed by atoms with Crippen LogP contribution in [0.25, 0.3) is 0 Å². The fourth-order valence-corrected chi connectivity index (χ4v) is 2.03. The lowest BCUT2D eigenvalue weighted by molar-refractivity contribution is 0.0696. The highest BCUT2D eigenvalue weighted by molar-refractivity contribution is 6.32. The topological polar surface area (TPSA) is 72.8 Å². The molecule has 0 amide bonds. The minimum atomic E-state index is -1.16. The Morgan fingerprint density at radius 3 is 2.27 bits per heavy atom. The molecule has 22 heavy (non-hydrogen) atoms. The number of halogens is 1. The first kappa shape index (κ1) is 15.9. The highest BCUT2D eigenvalue weighted by Gasteiger charge is 2.19. The Kier molecular flexibility index (Phi) is 4.68. The molecule has 0 radical (unpaired) electrons. The van der Waals surface area contributed by atoms with Crippen molar-refractivity contribution in [2.75, 3.05) is 7.11 Å². The van der Waals surface area contributed by atoms with Crippen molar-refractivity contribution in [1.82, 2.24) is 0 Å². The largest absolute Gasteiger partial charge is 0.493 e. The highest BCUT2D eigenvalue weighted by Crippen LogP contribution is 2.37. The third kappa shape index (κ3) is 3.38. The molecule has 0 aromatic heterocycles. The van der Waals surface area contributed by atoms with Gasteiger partial charge in [0, 0.05) is 0 Å². The van der Waals surface area contributed by atoms with Gasteiger partial charge in [-0.2, -0.15) is 0 Å². The lowest BCUT2D eigenvalue weighted by Crippen LogP contribution is -2.10. The van der Waals surface area contributed by atoms with E-state index in [1.807, 2.05) is 6.92 Å². The molecule has 0 saturated carbocycles. The summed E-state index contributed by atoms with van der Waals surface area (Å²) in [6, 6.07) is 9.26. The molecule has 0 spiro atoms. The van der Waals surface area contributed by atoms with Gasteiger partial charge in [0.2, 0.25) is 0 Å². The van der Waals surface area contributed by atoms with Gasteiger partial charge >= 0.3 is 11.9 Å². The maximum Gasteiger partial charge on any atom is 0.343 e. The molecular weight excluding hydrogens is 308 g/mol. The molecule has 0 bridgehead atoms. The van der Waals surface area contributed by atoms with Crippen LogP contribution in [0.4, 0.5) is 0 Å². The van der Waals surface area contributed by atoms with E-state index in [9.17, 15) is 9.59 Å². The minimum absolute atomic E-state index is 0.0141. The van der Waals surface area contributed by atoms with Crippen LogP contribution in [-0.2, 0) is 0 Å². The summed E-state index contributed by atoms with van der Waals surface area (Å²) in [6.07, 6.45) is 0. The van der Waals surface area contributed by atoms with Crippen molar-refractivity contribution in [3.05, 3.63) is 58.1 Å².